The number of hydrogen-bond donors (Lipinski definition) is 1. The topological polar surface area (TPSA) is 69.7 Å². The maximum atomic E-state index is 15.6. The number of nitrogens with one attached hydrogen (secondary N) is 1. The average Bonchev–Trinajstić information content (AvgIpc) is 3.57. The Hall–Kier alpha value is -2.52. The third-order valence-electron chi connectivity index (χ3n) is 6.30. The predicted octanol–water partition coefficient (Wildman–Crippen LogP) is 3.50. The van der Waals surface area contributed by atoms with E-state index in [4.69, 9.17) is 0 Å². The number of sulfonamides is 1. The Morgan fingerprint density at radius 1 is 1.18 bits per heavy atom. The molecule has 0 radical (unpaired) electrons. The van der Waals surface area contributed by atoms with E-state index in [0.29, 0.717) is 24.0 Å². The molecule has 2 fully saturated rings. The van der Waals surface area contributed by atoms with Gasteiger partial charge in [0.2, 0.25) is 10.0 Å². The van der Waals surface area contributed by atoms with Gasteiger partial charge in [-0.2, -0.15) is 0 Å². The Morgan fingerprint density at radius 3 is 2.52 bits per heavy atom. The molecular weight excluding hydrogens is 448 g/mol. The van der Waals surface area contributed by atoms with Crippen LogP contribution in [0.15, 0.2) is 42.5 Å². The van der Waals surface area contributed by atoms with Gasteiger partial charge in [-0.15, -0.1) is 0 Å². The Labute approximate surface area is 193 Å². The van der Waals surface area contributed by atoms with Crippen LogP contribution < -0.4 is 4.72 Å². The fraction of sp³-hybridized carbons (Fsp3) is 0.458. The van der Waals surface area contributed by atoms with Crippen LogP contribution in [0.5, 0.6) is 0 Å². The van der Waals surface area contributed by atoms with Crippen LogP contribution in [0.2, 0.25) is 0 Å². The zero-order valence-corrected chi connectivity index (χ0v) is 19.8. The molecule has 33 heavy (non-hydrogen) atoms. The van der Waals surface area contributed by atoms with Gasteiger partial charge in [0.05, 0.1) is 23.9 Å². The molecule has 1 N–H and O–H groups in total. The van der Waals surface area contributed by atoms with E-state index in [1.54, 1.807) is 32.3 Å². The molecule has 178 valence electrons. The van der Waals surface area contributed by atoms with Gasteiger partial charge >= 0.3 is 6.03 Å². The van der Waals surface area contributed by atoms with Crippen molar-refractivity contribution in [3.05, 3.63) is 59.4 Å². The number of nitrogens with zero attached hydrogens (tertiary/aromatic N) is 2. The second kappa shape index (κ2) is 9.02. The molecular formula is C24H29F2N3O3S. The lowest BCUT2D eigenvalue weighted by Gasteiger charge is -2.30. The fourth-order valence-corrected chi connectivity index (χ4v) is 6.03. The quantitative estimate of drug-likeness (QED) is 0.693. The summed E-state index contributed by atoms with van der Waals surface area (Å²) >= 11 is 0. The number of amides is 2. The van der Waals surface area contributed by atoms with Crippen molar-refractivity contribution in [3.8, 4) is 11.1 Å². The monoisotopic (exact) mass is 477 g/mol. The Balaban J connectivity index is 1.68. The summed E-state index contributed by atoms with van der Waals surface area (Å²) < 4.78 is 58.3. The smallest absolute Gasteiger partial charge is 0.319 e. The van der Waals surface area contributed by atoms with Gasteiger partial charge in [-0.05, 0) is 37.3 Å². The number of alkyl halides is 1. The van der Waals surface area contributed by atoms with Crippen LogP contribution in [0.25, 0.3) is 11.1 Å². The Morgan fingerprint density at radius 2 is 1.88 bits per heavy atom. The van der Waals surface area contributed by atoms with Gasteiger partial charge in [0.1, 0.15) is 12.0 Å². The van der Waals surface area contributed by atoms with Crippen molar-refractivity contribution in [2.45, 2.75) is 49.7 Å². The number of carbonyl (C=O) groups is 1. The van der Waals surface area contributed by atoms with Gasteiger partial charge in [-0.25, -0.2) is 26.7 Å². The number of aryl methyl sites for hydroxylation is 1. The summed E-state index contributed by atoms with van der Waals surface area (Å²) in [6.45, 7) is 1.67. The fourth-order valence-electron chi connectivity index (χ4n) is 4.40. The maximum Gasteiger partial charge on any atom is 0.319 e. The van der Waals surface area contributed by atoms with E-state index < -0.39 is 45.4 Å². The molecule has 6 nitrogen and oxygen atoms in total. The summed E-state index contributed by atoms with van der Waals surface area (Å²) in [6, 6.07) is 10.0. The molecule has 1 aliphatic carbocycles. The van der Waals surface area contributed by atoms with Crippen LogP contribution in [0.3, 0.4) is 0 Å². The molecule has 2 amide bonds. The highest BCUT2D eigenvalue weighted by Gasteiger charge is 2.48. The first-order valence-electron chi connectivity index (χ1n) is 11.1. The lowest BCUT2D eigenvalue weighted by atomic mass is 9.95. The van der Waals surface area contributed by atoms with E-state index in [1.807, 2.05) is 31.2 Å². The van der Waals surface area contributed by atoms with E-state index in [9.17, 15) is 13.2 Å². The van der Waals surface area contributed by atoms with Crippen LogP contribution in [-0.2, 0) is 16.4 Å². The highest BCUT2D eigenvalue weighted by molar-refractivity contribution is 7.90. The molecule has 2 aromatic carbocycles. The van der Waals surface area contributed by atoms with Gasteiger partial charge in [0, 0.05) is 19.7 Å². The molecule has 2 aromatic rings. The molecule has 0 aromatic heterocycles. The third-order valence-corrected chi connectivity index (χ3v) is 8.25. The van der Waals surface area contributed by atoms with Crippen molar-refractivity contribution in [3.63, 3.8) is 0 Å². The minimum Gasteiger partial charge on any atom is -0.331 e. The molecule has 0 spiro atoms. The standard InChI is InChI=1S/C24H29F2N3O3S/c1-15-6-4-7-16(12-15)19-9-5-8-17(22(19)26)13-21-23(27-33(31,32)18-10-11-18)20(25)14-29(21)24(30)28(2)3/h4-9,12,18,20-21,23,27H,10-11,13-14H2,1-3H3/t20-,21-,23-/m0/s1. The molecule has 1 heterocycles. The number of halogens is 2. The number of rotatable bonds is 6. The highest BCUT2D eigenvalue weighted by atomic mass is 32.2. The largest absolute Gasteiger partial charge is 0.331 e. The van der Waals surface area contributed by atoms with Crippen molar-refractivity contribution in [2.75, 3.05) is 20.6 Å². The first kappa shape index (κ1) is 23.6. The second-order valence-electron chi connectivity index (χ2n) is 9.15. The van der Waals surface area contributed by atoms with Crippen LogP contribution in [-0.4, -0.2) is 68.4 Å². The minimum absolute atomic E-state index is 0.0106. The molecule has 3 atom stereocenters. The average molecular weight is 478 g/mol. The summed E-state index contributed by atoms with van der Waals surface area (Å²) in [5, 5.41) is -0.523. The van der Waals surface area contributed by atoms with Gasteiger partial charge in [0.25, 0.3) is 0 Å². The molecule has 1 saturated heterocycles. The molecule has 0 unspecified atom stereocenters. The predicted molar refractivity (Wildman–Crippen MR) is 124 cm³/mol. The zero-order chi connectivity index (χ0) is 23.9. The van der Waals surface area contributed by atoms with Crippen LogP contribution in [0.4, 0.5) is 13.6 Å². The van der Waals surface area contributed by atoms with Gasteiger partial charge < -0.3 is 9.80 Å². The lowest BCUT2D eigenvalue weighted by molar-refractivity contribution is 0.161. The summed E-state index contributed by atoms with van der Waals surface area (Å²) in [5.41, 5.74) is 2.42. The van der Waals surface area contributed by atoms with E-state index in [2.05, 4.69) is 4.72 Å². The third kappa shape index (κ3) is 4.89. The molecule has 4 rings (SSSR count). The number of benzene rings is 2. The van der Waals surface area contributed by atoms with E-state index in [1.165, 1.54) is 9.80 Å². The number of likely N-dealkylation sites (tertiary alicyclic amines) is 1. The molecule has 2 aliphatic rings. The second-order valence-corrected chi connectivity index (χ2v) is 11.1. The highest BCUT2D eigenvalue weighted by Crippen LogP contribution is 2.33. The van der Waals surface area contributed by atoms with E-state index >= 15 is 8.78 Å². The number of hydrogen-bond acceptors (Lipinski definition) is 3. The van der Waals surface area contributed by atoms with Crippen molar-refractivity contribution < 1.29 is 22.0 Å². The van der Waals surface area contributed by atoms with E-state index in [-0.39, 0.29) is 13.0 Å². The van der Waals surface area contributed by atoms with E-state index in [0.717, 1.165) is 11.1 Å². The Kier molecular flexibility index (Phi) is 6.46. The normalized spacial score (nSPS) is 23.1. The lowest BCUT2D eigenvalue weighted by Crippen LogP contribution is -2.52. The van der Waals surface area contributed by atoms with Crippen molar-refractivity contribution in [1.82, 2.24) is 14.5 Å². The van der Waals surface area contributed by atoms with Crippen LogP contribution in [0, 0.1) is 12.7 Å². The van der Waals surface area contributed by atoms with Gasteiger partial charge in [-0.3, -0.25) is 0 Å². The van der Waals surface area contributed by atoms with Crippen molar-refractivity contribution >= 4 is 16.1 Å². The molecule has 0 bridgehead atoms. The Bertz CT molecular complexity index is 1150. The first-order chi connectivity index (χ1) is 15.6. The molecule has 1 saturated carbocycles. The number of urea groups is 1. The summed E-state index contributed by atoms with van der Waals surface area (Å²) in [6.07, 6.45) is -0.520. The SMILES string of the molecule is Cc1cccc(-c2cccc(C[C@H]3[C@@H](NS(=O)(=O)C4CC4)[C@@H](F)CN3C(=O)N(C)C)c2F)c1. The van der Waals surface area contributed by atoms with Crippen molar-refractivity contribution in [2.24, 2.45) is 0 Å². The first-order valence-corrected chi connectivity index (χ1v) is 12.6. The number of carbonyl (C=O) groups excluding carboxylic acids is 1. The maximum absolute atomic E-state index is 15.6. The minimum atomic E-state index is -3.70. The van der Waals surface area contributed by atoms with Crippen molar-refractivity contribution in [1.29, 1.82) is 0 Å². The van der Waals surface area contributed by atoms with Crippen LogP contribution >= 0.6 is 0 Å². The van der Waals surface area contributed by atoms with Gasteiger partial charge in [0.15, 0.2) is 0 Å². The molecule has 1 aliphatic heterocycles. The summed E-state index contributed by atoms with van der Waals surface area (Å²) in [4.78, 5) is 15.4. The summed E-state index contributed by atoms with van der Waals surface area (Å²) in [5.74, 6) is -0.452. The zero-order valence-electron chi connectivity index (χ0n) is 19.0. The summed E-state index contributed by atoms with van der Waals surface area (Å²) in [7, 11) is -0.602. The molecule has 9 heteroatoms. The van der Waals surface area contributed by atoms with Gasteiger partial charge in [-0.1, -0.05) is 48.0 Å². The van der Waals surface area contributed by atoms with Crippen LogP contribution in [0.1, 0.15) is 24.0 Å².